The number of benzene rings is 2. The normalized spacial score (nSPS) is 10.1. The van der Waals surface area contributed by atoms with E-state index in [-0.39, 0.29) is 0 Å². The van der Waals surface area contributed by atoms with Crippen LogP contribution >= 0.6 is 15.9 Å². The van der Waals surface area contributed by atoms with Crippen LogP contribution < -0.4 is 10.5 Å². The first-order chi connectivity index (χ1) is 8.63. The Morgan fingerprint density at radius 2 is 1.89 bits per heavy atom. The highest BCUT2D eigenvalue weighted by Crippen LogP contribution is 2.34. The summed E-state index contributed by atoms with van der Waals surface area (Å²) in [4.78, 5) is 11.4. The van der Waals surface area contributed by atoms with Crippen molar-refractivity contribution in [2.45, 2.75) is 0 Å². The lowest BCUT2D eigenvalue weighted by Crippen LogP contribution is -2.12. The molecule has 0 atom stereocenters. The van der Waals surface area contributed by atoms with E-state index in [2.05, 4.69) is 15.9 Å². The predicted molar refractivity (Wildman–Crippen MR) is 74.6 cm³/mol. The Labute approximate surface area is 114 Å². The smallest absolute Gasteiger partial charge is 0.249 e. The molecule has 0 aliphatic rings. The first-order valence-corrected chi connectivity index (χ1v) is 6.15. The summed E-state index contributed by atoms with van der Waals surface area (Å²) >= 11 is 3.41. The molecule has 0 spiro atoms. The van der Waals surface area contributed by atoms with Gasteiger partial charge in [0.05, 0.1) is 7.11 Å². The molecule has 0 aliphatic carbocycles. The number of hydrogen-bond donors (Lipinski definition) is 1. The van der Waals surface area contributed by atoms with E-state index in [1.165, 1.54) is 0 Å². The standard InChI is InChI=1S/C14H12BrNO2/c1-18-13-7-6-9(15)8-12(13)10-4-2-3-5-11(10)14(16)17/h2-8H,1H3,(H2,16,17). The number of carbonyl (C=O) groups excluding carboxylic acids is 1. The molecule has 3 nitrogen and oxygen atoms in total. The number of ether oxygens (including phenoxy) is 1. The molecule has 2 rings (SSSR count). The van der Waals surface area contributed by atoms with E-state index in [1.807, 2.05) is 30.3 Å². The molecule has 0 aromatic heterocycles. The molecule has 4 heteroatoms. The Bertz CT molecular complexity index is 596. The van der Waals surface area contributed by atoms with Gasteiger partial charge in [0.1, 0.15) is 5.75 Å². The molecule has 18 heavy (non-hydrogen) atoms. The van der Waals surface area contributed by atoms with Gasteiger partial charge in [-0.15, -0.1) is 0 Å². The molecule has 92 valence electrons. The molecule has 0 radical (unpaired) electrons. The van der Waals surface area contributed by atoms with Crippen molar-refractivity contribution in [1.29, 1.82) is 0 Å². The molecule has 2 aromatic carbocycles. The summed E-state index contributed by atoms with van der Waals surface area (Å²) in [6.45, 7) is 0. The van der Waals surface area contributed by atoms with E-state index in [4.69, 9.17) is 10.5 Å². The summed E-state index contributed by atoms with van der Waals surface area (Å²) in [5.41, 5.74) is 7.47. The molecule has 0 unspecified atom stereocenters. The minimum absolute atomic E-state index is 0.451. The van der Waals surface area contributed by atoms with Crippen LogP contribution in [0.25, 0.3) is 11.1 Å². The largest absolute Gasteiger partial charge is 0.496 e. The number of amides is 1. The quantitative estimate of drug-likeness (QED) is 0.946. The summed E-state index contributed by atoms with van der Waals surface area (Å²) in [5.74, 6) is 0.250. The van der Waals surface area contributed by atoms with Crippen molar-refractivity contribution in [2.75, 3.05) is 7.11 Å². The van der Waals surface area contributed by atoms with Crippen LogP contribution in [-0.2, 0) is 0 Å². The second-order valence-electron chi connectivity index (χ2n) is 3.75. The first kappa shape index (κ1) is 12.6. The molecule has 0 fully saturated rings. The number of primary amides is 1. The van der Waals surface area contributed by atoms with Gasteiger partial charge in [-0.05, 0) is 29.8 Å². The van der Waals surface area contributed by atoms with E-state index < -0.39 is 5.91 Å². The van der Waals surface area contributed by atoms with E-state index >= 15 is 0 Å². The summed E-state index contributed by atoms with van der Waals surface area (Å²) in [6, 6.07) is 12.8. The van der Waals surface area contributed by atoms with Gasteiger partial charge in [0.15, 0.2) is 0 Å². The molecule has 0 saturated heterocycles. The number of rotatable bonds is 3. The van der Waals surface area contributed by atoms with Crippen molar-refractivity contribution >= 4 is 21.8 Å². The van der Waals surface area contributed by atoms with Crippen LogP contribution in [0.15, 0.2) is 46.9 Å². The van der Waals surface area contributed by atoms with Gasteiger partial charge in [-0.1, -0.05) is 34.1 Å². The maximum absolute atomic E-state index is 11.4. The monoisotopic (exact) mass is 305 g/mol. The predicted octanol–water partition coefficient (Wildman–Crippen LogP) is 3.22. The van der Waals surface area contributed by atoms with Crippen molar-refractivity contribution in [3.8, 4) is 16.9 Å². The third kappa shape index (κ3) is 2.38. The maximum Gasteiger partial charge on any atom is 0.249 e. The van der Waals surface area contributed by atoms with Crippen molar-refractivity contribution in [2.24, 2.45) is 5.73 Å². The first-order valence-electron chi connectivity index (χ1n) is 5.36. The molecular weight excluding hydrogens is 294 g/mol. The minimum Gasteiger partial charge on any atom is -0.496 e. The number of halogens is 1. The minimum atomic E-state index is -0.451. The van der Waals surface area contributed by atoms with E-state index in [9.17, 15) is 4.79 Å². The van der Waals surface area contributed by atoms with Crippen LogP contribution in [0.2, 0.25) is 0 Å². The third-order valence-electron chi connectivity index (χ3n) is 2.64. The topological polar surface area (TPSA) is 52.3 Å². The van der Waals surface area contributed by atoms with E-state index in [0.717, 1.165) is 15.6 Å². The van der Waals surface area contributed by atoms with Crippen LogP contribution in [-0.4, -0.2) is 13.0 Å². The van der Waals surface area contributed by atoms with Crippen molar-refractivity contribution in [1.82, 2.24) is 0 Å². The number of carbonyl (C=O) groups is 1. The SMILES string of the molecule is COc1ccc(Br)cc1-c1ccccc1C(N)=O. The van der Waals surface area contributed by atoms with E-state index in [1.54, 1.807) is 19.2 Å². The van der Waals surface area contributed by atoms with Gasteiger partial charge in [-0.3, -0.25) is 4.79 Å². The summed E-state index contributed by atoms with van der Waals surface area (Å²) < 4.78 is 6.23. The molecule has 2 N–H and O–H groups in total. The van der Waals surface area contributed by atoms with Crippen LogP contribution in [0.1, 0.15) is 10.4 Å². The van der Waals surface area contributed by atoms with Gasteiger partial charge in [0, 0.05) is 15.6 Å². The summed E-state index contributed by atoms with van der Waals surface area (Å²) in [5, 5.41) is 0. The highest BCUT2D eigenvalue weighted by Gasteiger charge is 2.13. The molecule has 0 saturated carbocycles. The van der Waals surface area contributed by atoms with Crippen molar-refractivity contribution < 1.29 is 9.53 Å². The molecule has 0 aliphatic heterocycles. The van der Waals surface area contributed by atoms with Gasteiger partial charge in [-0.25, -0.2) is 0 Å². The second-order valence-corrected chi connectivity index (χ2v) is 4.67. The van der Waals surface area contributed by atoms with Crippen LogP contribution in [0.3, 0.4) is 0 Å². The van der Waals surface area contributed by atoms with Gasteiger partial charge in [-0.2, -0.15) is 0 Å². The Kier molecular flexibility index (Phi) is 3.67. The second kappa shape index (κ2) is 5.23. The molecular formula is C14H12BrNO2. The fourth-order valence-electron chi connectivity index (χ4n) is 1.82. The Hall–Kier alpha value is -1.81. The van der Waals surface area contributed by atoms with Crippen LogP contribution in [0.5, 0.6) is 5.75 Å². The van der Waals surface area contributed by atoms with Gasteiger partial charge < -0.3 is 10.5 Å². The number of hydrogen-bond acceptors (Lipinski definition) is 2. The lowest BCUT2D eigenvalue weighted by molar-refractivity contribution is 0.100. The lowest BCUT2D eigenvalue weighted by Gasteiger charge is -2.11. The molecule has 0 bridgehead atoms. The fraction of sp³-hybridized carbons (Fsp3) is 0.0714. The zero-order chi connectivity index (χ0) is 13.1. The van der Waals surface area contributed by atoms with Crippen LogP contribution in [0, 0.1) is 0 Å². The van der Waals surface area contributed by atoms with Gasteiger partial charge in [0.2, 0.25) is 5.91 Å². The average molecular weight is 306 g/mol. The average Bonchev–Trinajstić information content (AvgIpc) is 2.38. The fourth-order valence-corrected chi connectivity index (χ4v) is 2.18. The Balaban J connectivity index is 2.68. The number of nitrogens with two attached hydrogens (primary N) is 1. The summed E-state index contributed by atoms with van der Waals surface area (Å²) in [6.07, 6.45) is 0. The maximum atomic E-state index is 11.4. The third-order valence-corrected chi connectivity index (χ3v) is 3.14. The van der Waals surface area contributed by atoms with E-state index in [0.29, 0.717) is 11.3 Å². The Morgan fingerprint density at radius 3 is 2.56 bits per heavy atom. The highest BCUT2D eigenvalue weighted by molar-refractivity contribution is 9.10. The lowest BCUT2D eigenvalue weighted by atomic mass is 9.98. The zero-order valence-electron chi connectivity index (χ0n) is 9.81. The Morgan fingerprint density at radius 1 is 1.17 bits per heavy atom. The van der Waals surface area contributed by atoms with Crippen molar-refractivity contribution in [3.05, 3.63) is 52.5 Å². The van der Waals surface area contributed by atoms with Crippen molar-refractivity contribution in [3.63, 3.8) is 0 Å². The molecule has 1 amide bonds. The van der Waals surface area contributed by atoms with Gasteiger partial charge >= 0.3 is 0 Å². The zero-order valence-corrected chi connectivity index (χ0v) is 11.4. The summed E-state index contributed by atoms with van der Waals surface area (Å²) in [7, 11) is 1.60. The highest BCUT2D eigenvalue weighted by atomic mass is 79.9. The van der Waals surface area contributed by atoms with Gasteiger partial charge in [0.25, 0.3) is 0 Å². The molecule has 2 aromatic rings. The number of methoxy groups -OCH3 is 1. The molecule has 0 heterocycles. The van der Waals surface area contributed by atoms with Crippen LogP contribution in [0.4, 0.5) is 0 Å².